The van der Waals surface area contributed by atoms with Crippen LogP contribution in [0.15, 0.2) is 66.7 Å². The van der Waals surface area contributed by atoms with Crippen LogP contribution in [0.3, 0.4) is 0 Å². The number of ether oxygens (including phenoxy) is 4. The van der Waals surface area contributed by atoms with Gasteiger partial charge in [-0.1, -0.05) is 24.3 Å². The summed E-state index contributed by atoms with van der Waals surface area (Å²) in [4.78, 5) is 2.34. The lowest BCUT2D eigenvalue weighted by Crippen LogP contribution is -2.49. The number of hydrogen-bond acceptors (Lipinski definition) is 7. The molecule has 2 heterocycles. The van der Waals surface area contributed by atoms with E-state index >= 15 is 0 Å². The smallest absolute Gasteiger partial charge is 0.142 e. The molecule has 7 nitrogen and oxygen atoms in total. The number of nitrogens with one attached hydrogen (secondary N) is 1. The molecule has 0 bridgehead atoms. The maximum Gasteiger partial charge on any atom is 0.142 e. The van der Waals surface area contributed by atoms with Gasteiger partial charge in [0.25, 0.3) is 0 Å². The molecule has 0 aliphatic carbocycles. The molecule has 38 heavy (non-hydrogen) atoms. The second-order valence-electron chi connectivity index (χ2n) is 9.71. The Bertz CT molecular complexity index is 1190. The number of nitrogens with zero attached hydrogens (tertiary/aromatic N) is 1. The fourth-order valence-electron chi connectivity index (χ4n) is 5.14. The van der Waals surface area contributed by atoms with Gasteiger partial charge in [0, 0.05) is 45.3 Å². The lowest BCUT2D eigenvalue weighted by molar-refractivity contribution is -0.0328. The van der Waals surface area contributed by atoms with Crippen LogP contribution in [0.5, 0.6) is 17.2 Å². The average Bonchev–Trinajstić information content (AvgIpc) is 2.93. The molecule has 1 fully saturated rings. The van der Waals surface area contributed by atoms with Crippen molar-refractivity contribution in [3.63, 3.8) is 0 Å². The first-order valence-electron chi connectivity index (χ1n) is 13.1. The van der Waals surface area contributed by atoms with E-state index in [-0.39, 0.29) is 17.8 Å². The molecule has 2 aliphatic heterocycles. The Balaban J connectivity index is 1.25. The van der Waals surface area contributed by atoms with E-state index in [9.17, 15) is 9.50 Å². The quantitative estimate of drug-likeness (QED) is 0.380. The van der Waals surface area contributed by atoms with Gasteiger partial charge < -0.3 is 34.3 Å². The summed E-state index contributed by atoms with van der Waals surface area (Å²) in [5, 5.41) is 14.2. The standard InChI is InChI=1S/C30H35FN2O5/c1-35-14-3-12-33-13-15-36-28-11-6-21(16-26(28)33)20-37-29-19-32-18-27(34)30(29)22-7-9-24(10-8-22)38-25-5-2-4-23(31)17-25/h2,4-11,16-17,27,29-30,32,34H,3,12-15,18-20H2,1H3/t27-,29+,30+/m1/s1. The number of anilines is 1. The first-order chi connectivity index (χ1) is 18.6. The predicted octanol–water partition coefficient (Wildman–Crippen LogP) is 4.49. The van der Waals surface area contributed by atoms with E-state index in [1.165, 1.54) is 12.1 Å². The van der Waals surface area contributed by atoms with E-state index in [0.29, 0.717) is 37.8 Å². The number of rotatable bonds is 10. The highest BCUT2D eigenvalue weighted by atomic mass is 19.1. The number of hydrogen-bond donors (Lipinski definition) is 2. The maximum absolute atomic E-state index is 13.5. The Kier molecular flexibility index (Phi) is 8.75. The number of methoxy groups -OCH3 is 1. The molecular weight excluding hydrogens is 487 g/mol. The summed E-state index contributed by atoms with van der Waals surface area (Å²) in [6.07, 6.45) is 0.159. The minimum atomic E-state index is -0.586. The van der Waals surface area contributed by atoms with Gasteiger partial charge in [-0.2, -0.15) is 0 Å². The largest absolute Gasteiger partial charge is 0.490 e. The second kappa shape index (κ2) is 12.6. The number of benzene rings is 3. The van der Waals surface area contributed by atoms with Crippen LogP contribution in [-0.2, 0) is 16.1 Å². The summed E-state index contributed by atoms with van der Waals surface area (Å²) in [5.41, 5.74) is 3.11. The Labute approximate surface area is 223 Å². The number of piperidine rings is 1. The molecule has 3 atom stereocenters. The zero-order valence-corrected chi connectivity index (χ0v) is 21.6. The first-order valence-corrected chi connectivity index (χ1v) is 13.1. The SMILES string of the molecule is COCCCN1CCOc2ccc(CO[C@H]3CNC[C@@H](O)[C@@H]3c3ccc(Oc4cccc(F)c4)cc3)cc21. The summed E-state index contributed by atoms with van der Waals surface area (Å²) in [5.74, 6) is 1.40. The van der Waals surface area contributed by atoms with Crippen molar-refractivity contribution in [1.29, 1.82) is 0 Å². The van der Waals surface area contributed by atoms with E-state index in [0.717, 1.165) is 48.7 Å². The van der Waals surface area contributed by atoms with E-state index in [1.807, 2.05) is 36.4 Å². The third kappa shape index (κ3) is 6.45. The van der Waals surface area contributed by atoms with Gasteiger partial charge >= 0.3 is 0 Å². The Morgan fingerprint density at radius 1 is 1.05 bits per heavy atom. The van der Waals surface area contributed by atoms with Gasteiger partial charge in [-0.25, -0.2) is 4.39 Å². The van der Waals surface area contributed by atoms with Crippen LogP contribution >= 0.6 is 0 Å². The van der Waals surface area contributed by atoms with Crippen molar-refractivity contribution in [3.05, 3.63) is 83.7 Å². The minimum absolute atomic E-state index is 0.189. The molecule has 0 unspecified atom stereocenters. The van der Waals surface area contributed by atoms with Gasteiger partial charge in [-0.05, 0) is 53.9 Å². The number of β-amino-alcohol motifs (C(OH)–C–C–N with tert-alkyl or cyclic N) is 1. The highest BCUT2D eigenvalue weighted by molar-refractivity contribution is 5.61. The molecule has 0 amide bonds. The normalized spacial score (nSPS) is 21.0. The van der Waals surface area contributed by atoms with Crippen LogP contribution in [0.1, 0.15) is 23.5 Å². The van der Waals surface area contributed by atoms with Crippen LogP contribution in [0, 0.1) is 5.82 Å². The van der Waals surface area contributed by atoms with Crippen molar-refractivity contribution >= 4 is 5.69 Å². The van der Waals surface area contributed by atoms with Crippen molar-refractivity contribution in [3.8, 4) is 17.2 Å². The van der Waals surface area contributed by atoms with E-state index in [2.05, 4.69) is 16.3 Å². The summed E-state index contributed by atoms with van der Waals surface area (Å²) < 4.78 is 36.7. The number of halogens is 1. The molecule has 2 aliphatic rings. The average molecular weight is 523 g/mol. The maximum atomic E-state index is 13.5. The van der Waals surface area contributed by atoms with Gasteiger partial charge in [0.1, 0.15) is 29.7 Å². The summed E-state index contributed by atoms with van der Waals surface area (Å²) in [7, 11) is 1.72. The van der Waals surface area contributed by atoms with Crippen LogP contribution in [0.4, 0.5) is 10.1 Å². The van der Waals surface area contributed by atoms with Crippen molar-refractivity contribution in [2.75, 3.05) is 51.4 Å². The molecule has 1 saturated heterocycles. The molecule has 5 rings (SSSR count). The monoisotopic (exact) mass is 522 g/mol. The zero-order chi connectivity index (χ0) is 26.3. The lowest BCUT2D eigenvalue weighted by Gasteiger charge is -2.36. The van der Waals surface area contributed by atoms with Crippen molar-refractivity contribution < 1.29 is 28.4 Å². The van der Waals surface area contributed by atoms with E-state index in [1.54, 1.807) is 19.2 Å². The first kappa shape index (κ1) is 26.4. The molecule has 2 N–H and O–H groups in total. The Morgan fingerprint density at radius 2 is 1.92 bits per heavy atom. The summed E-state index contributed by atoms with van der Waals surface area (Å²) in [6.45, 7) is 4.73. The fourth-order valence-corrected chi connectivity index (χ4v) is 5.14. The van der Waals surface area contributed by atoms with Gasteiger partial charge in [0.05, 0.1) is 31.0 Å². The Morgan fingerprint density at radius 3 is 2.74 bits per heavy atom. The second-order valence-corrected chi connectivity index (χ2v) is 9.71. The molecule has 3 aromatic carbocycles. The minimum Gasteiger partial charge on any atom is -0.490 e. The third-order valence-electron chi connectivity index (χ3n) is 7.03. The highest BCUT2D eigenvalue weighted by Crippen LogP contribution is 2.34. The van der Waals surface area contributed by atoms with Crippen molar-refractivity contribution in [2.45, 2.75) is 31.2 Å². The van der Waals surface area contributed by atoms with Crippen LogP contribution in [0.2, 0.25) is 0 Å². The Hall–Kier alpha value is -3.17. The van der Waals surface area contributed by atoms with Crippen LogP contribution in [-0.4, -0.2) is 63.8 Å². The molecule has 8 heteroatoms. The molecule has 3 aromatic rings. The van der Waals surface area contributed by atoms with Crippen LogP contribution in [0.25, 0.3) is 0 Å². The fraction of sp³-hybridized carbons (Fsp3) is 0.400. The molecule has 0 spiro atoms. The van der Waals surface area contributed by atoms with Crippen LogP contribution < -0.4 is 19.7 Å². The molecular formula is C30H35FN2O5. The topological polar surface area (TPSA) is 72.4 Å². The zero-order valence-electron chi connectivity index (χ0n) is 21.6. The lowest BCUT2D eigenvalue weighted by atomic mass is 9.85. The molecule has 202 valence electrons. The van der Waals surface area contributed by atoms with Crippen molar-refractivity contribution in [2.24, 2.45) is 0 Å². The molecule has 0 aromatic heterocycles. The number of fused-ring (bicyclic) bond motifs is 1. The molecule has 0 radical (unpaired) electrons. The van der Waals surface area contributed by atoms with Gasteiger partial charge in [-0.15, -0.1) is 0 Å². The molecule has 0 saturated carbocycles. The predicted molar refractivity (Wildman–Crippen MR) is 144 cm³/mol. The van der Waals surface area contributed by atoms with Gasteiger partial charge in [-0.3, -0.25) is 0 Å². The summed E-state index contributed by atoms with van der Waals surface area (Å²) >= 11 is 0. The van der Waals surface area contributed by atoms with E-state index in [4.69, 9.17) is 18.9 Å². The summed E-state index contributed by atoms with van der Waals surface area (Å²) in [6, 6.07) is 19.8. The van der Waals surface area contributed by atoms with Gasteiger partial charge in [0.15, 0.2) is 0 Å². The number of aliphatic hydroxyl groups is 1. The number of aliphatic hydroxyl groups excluding tert-OH is 1. The third-order valence-corrected chi connectivity index (χ3v) is 7.03. The van der Waals surface area contributed by atoms with E-state index < -0.39 is 6.10 Å². The van der Waals surface area contributed by atoms with Gasteiger partial charge in [0.2, 0.25) is 0 Å². The highest BCUT2D eigenvalue weighted by Gasteiger charge is 2.34. The van der Waals surface area contributed by atoms with Crippen molar-refractivity contribution in [1.82, 2.24) is 5.32 Å².